The monoisotopic (exact) mass is 231 g/mol. The first kappa shape index (κ1) is 9.62. The third kappa shape index (κ3) is 1.42. The summed E-state index contributed by atoms with van der Waals surface area (Å²) in [6.45, 7) is 0. The highest BCUT2D eigenvalue weighted by Crippen LogP contribution is 2.40. The lowest BCUT2D eigenvalue weighted by molar-refractivity contribution is -0.116. The van der Waals surface area contributed by atoms with Crippen LogP contribution < -0.4 is 5.32 Å². The van der Waals surface area contributed by atoms with Crippen LogP contribution in [0.5, 0.6) is 5.75 Å². The highest BCUT2D eigenvalue weighted by Gasteiger charge is 2.22. The van der Waals surface area contributed by atoms with Gasteiger partial charge in [0.05, 0.1) is 15.7 Å². The summed E-state index contributed by atoms with van der Waals surface area (Å²) in [4.78, 5) is 11.1. The van der Waals surface area contributed by atoms with Gasteiger partial charge in [-0.2, -0.15) is 0 Å². The predicted octanol–water partition coefficient (Wildman–Crippen LogP) is 2.58. The molecule has 0 spiro atoms. The molecule has 1 aromatic rings. The maximum Gasteiger partial charge on any atom is 0.224 e. The van der Waals surface area contributed by atoms with Gasteiger partial charge in [-0.3, -0.25) is 4.79 Å². The fourth-order valence-corrected chi connectivity index (χ4v) is 1.94. The second-order valence-corrected chi connectivity index (χ2v) is 3.88. The normalized spacial score (nSPS) is 14.9. The Hall–Kier alpha value is -0.930. The van der Waals surface area contributed by atoms with Crippen molar-refractivity contribution in [3.8, 4) is 5.75 Å². The largest absolute Gasteiger partial charge is 0.506 e. The molecule has 3 nitrogen and oxygen atoms in total. The van der Waals surface area contributed by atoms with Crippen molar-refractivity contribution in [2.24, 2.45) is 0 Å². The maximum absolute atomic E-state index is 11.1. The second-order valence-electron chi connectivity index (χ2n) is 3.09. The van der Waals surface area contributed by atoms with Gasteiger partial charge in [-0.1, -0.05) is 23.2 Å². The van der Waals surface area contributed by atoms with E-state index < -0.39 is 0 Å². The molecule has 2 rings (SSSR count). The van der Waals surface area contributed by atoms with E-state index in [0.29, 0.717) is 34.1 Å². The van der Waals surface area contributed by atoms with Gasteiger partial charge in [-0.05, 0) is 6.42 Å². The number of carbonyl (C=O) groups is 1. The summed E-state index contributed by atoms with van der Waals surface area (Å²) in [5.74, 6) is -0.159. The summed E-state index contributed by atoms with van der Waals surface area (Å²) in [5, 5.41) is 12.8. The zero-order valence-electron chi connectivity index (χ0n) is 7.10. The van der Waals surface area contributed by atoms with Gasteiger partial charge in [0.25, 0.3) is 0 Å². The molecule has 0 bridgehead atoms. The van der Waals surface area contributed by atoms with Crippen molar-refractivity contribution in [3.05, 3.63) is 21.7 Å². The van der Waals surface area contributed by atoms with E-state index in [1.165, 1.54) is 6.07 Å². The third-order valence-corrected chi connectivity index (χ3v) is 2.99. The Kier molecular flexibility index (Phi) is 2.29. The molecule has 0 aromatic heterocycles. The van der Waals surface area contributed by atoms with Crippen molar-refractivity contribution in [2.45, 2.75) is 12.8 Å². The summed E-state index contributed by atoms with van der Waals surface area (Å²) in [6.07, 6.45) is 0.876. The zero-order valence-corrected chi connectivity index (χ0v) is 8.61. The lowest BCUT2D eigenvalue weighted by Gasteiger charge is -2.19. The Morgan fingerprint density at radius 1 is 1.36 bits per heavy atom. The average molecular weight is 232 g/mol. The highest BCUT2D eigenvalue weighted by molar-refractivity contribution is 6.43. The van der Waals surface area contributed by atoms with Crippen molar-refractivity contribution in [1.29, 1.82) is 0 Å². The molecule has 1 aliphatic rings. The molecule has 1 aromatic carbocycles. The van der Waals surface area contributed by atoms with E-state index in [9.17, 15) is 9.90 Å². The number of aromatic hydroxyl groups is 1. The number of hydrogen-bond acceptors (Lipinski definition) is 2. The fraction of sp³-hybridized carbons (Fsp3) is 0.222. The molecule has 0 aliphatic carbocycles. The zero-order chi connectivity index (χ0) is 10.3. The van der Waals surface area contributed by atoms with Gasteiger partial charge in [-0.15, -0.1) is 0 Å². The molecule has 1 aliphatic heterocycles. The molecule has 0 atom stereocenters. The molecule has 0 radical (unpaired) electrons. The number of fused-ring (bicyclic) bond motifs is 1. The summed E-state index contributed by atoms with van der Waals surface area (Å²) in [7, 11) is 0. The lowest BCUT2D eigenvalue weighted by Crippen LogP contribution is -2.19. The minimum atomic E-state index is -0.119. The van der Waals surface area contributed by atoms with E-state index in [0.717, 1.165) is 0 Å². The predicted molar refractivity (Wildman–Crippen MR) is 55.1 cm³/mol. The van der Waals surface area contributed by atoms with Gasteiger partial charge in [0.15, 0.2) is 0 Å². The molecular formula is C9H7Cl2NO2. The molecule has 0 unspecified atom stereocenters. The standard InChI is InChI=1S/C9H7Cl2NO2/c10-5-3-6(13)9-4(8(5)11)1-2-7(14)12-9/h3,13H,1-2H2,(H,12,14). The first-order valence-electron chi connectivity index (χ1n) is 4.09. The number of hydrogen-bond donors (Lipinski definition) is 2. The van der Waals surface area contributed by atoms with Crippen LogP contribution in [-0.2, 0) is 11.2 Å². The van der Waals surface area contributed by atoms with Crippen LogP contribution >= 0.6 is 23.2 Å². The van der Waals surface area contributed by atoms with Crippen LogP contribution in [0.4, 0.5) is 5.69 Å². The van der Waals surface area contributed by atoms with Crippen molar-refractivity contribution < 1.29 is 9.90 Å². The fourth-order valence-electron chi connectivity index (χ4n) is 1.48. The summed E-state index contributed by atoms with van der Waals surface area (Å²) >= 11 is 11.7. The number of rotatable bonds is 0. The number of benzene rings is 1. The Balaban J connectivity index is 2.62. The van der Waals surface area contributed by atoms with E-state index >= 15 is 0 Å². The van der Waals surface area contributed by atoms with Crippen LogP contribution in [0.15, 0.2) is 6.07 Å². The molecule has 0 saturated heterocycles. The second kappa shape index (κ2) is 3.33. The number of amides is 1. The Morgan fingerprint density at radius 3 is 2.79 bits per heavy atom. The van der Waals surface area contributed by atoms with E-state index in [2.05, 4.69) is 5.32 Å². The third-order valence-electron chi connectivity index (χ3n) is 2.16. The van der Waals surface area contributed by atoms with Gasteiger partial charge in [0.2, 0.25) is 5.91 Å². The minimum Gasteiger partial charge on any atom is -0.506 e. The summed E-state index contributed by atoms with van der Waals surface area (Å²) in [6, 6.07) is 1.33. The van der Waals surface area contributed by atoms with Gasteiger partial charge in [0.1, 0.15) is 5.75 Å². The summed E-state index contributed by atoms with van der Waals surface area (Å²) in [5.41, 5.74) is 1.09. The Bertz CT molecular complexity index is 418. The maximum atomic E-state index is 11.1. The van der Waals surface area contributed by atoms with Crippen molar-refractivity contribution in [3.63, 3.8) is 0 Å². The number of carbonyl (C=O) groups excluding carboxylic acids is 1. The first-order chi connectivity index (χ1) is 6.59. The number of anilines is 1. The first-order valence-corrected chi connectivity index (χ1v) is 4.85. The van der Waals surface area contributed by atoms with E-state index in [1.54, 1.807) is 0 Å². The Morgan fingerprint density at radius 2 is 2.07 bits per heavy atom. The number of phenolic OH excluding ortho intramolecular Hbond substituents is 1. The minimum absolute atomic E-state index is 0.0394. The van der Waals surface area contributed by atoms with Gasteiger partial charge < -0.3 is 10.4 Å². The molecule has 74 valence electrons. The lowest BCUT2D eigenvalue weighted by atomic mass is 10.0. The molecule has 2 N–H and O–H groups in total. The SMILES string of the molecule is O=C1CCc2c(Cl)c(Cl)cc(O)c2N1. The van der Waals surface area contributed by atoms with Gasteiger partial charge >= 0.3 is 0 Å². The summed E-state index contributed by atoms with van der Waals surface area (Å²) < 4.78 is 0. The van der Waals surface area contributed by atoms with E-state index in [4.69, 9.17) is 23.2 Å². The van der Waals surface area contributed by atoms with Crippen molar-refractivity contribution >= 4 is 34.8 Å². The van der Waals surface area contributed by atoms with Gasteiger partial charge in [0, 0.05) is 18.1 Å². The topological polar surface area (TPSA) is 49.3 Å². The van der Waals surface area contributed by atoms with Gasteiger partial charge in [-0.25, -0.2) is 0 Å². The van der Waals surface area contributed by atoms with Crippen LogP contribution in [0.25, 0.3) is 0 Å². The van der Waals surface area contributed by atoms with E-state index in [-0.39, 0.29) is 11.7 Å². The smallest absolute Gasteiger partial charge is 0.224 e. The van der Waals surface area contributed by atoms with Crippen LogP contribution in [0.3, 0.4) is 0 Å². The quantitative estimate of drug-likeness (QED) is 0.675. The molecule has 0 saturated carbocycles. The number of phenols is 1. The highest BCUT2D eigenvalue weighted by atomic mass is 35.5. The molecule has 0 fully saturated rings. The number of halogens is 2. The number of nitrogens with one attached hydrogen (secondary N) is 1. The molecule has 1 amide bonds. The van der Waals surface area contributed by atoms with E-state index in [1.807, 2.05) is 0 Å². The Labute approximate surface area is 90.6 Å². The average Bonchev–Trinajstić information content (AvgIpc) is 2.14. The van der Waals surface area contributed by atoms with Crippen molar-refractivity contribution in [2.75, 3.05) is 5.32 Å². The van der Waals surface area contributed by atoms with Crippen LogP contribution in [0, 0.1) is 0 Å². The molecular weight excluding hydrogens is 225 g/mol. The van der Waals surface area contributed by atoms with Crippen LogP contribution in [0.2, 0.25) is 10.0 Å². The molecule has 5 heteroatoms. The van der Waals surface area contributed by atoms with Crippen LogP contribution in [0.1, 0.15) is 12.0 Å². The van der Waals surface area contributed by atoms with Crippen molar-refractivity contribution in [1.82, 2.24) is 0 Å². The molecule has 1 heterocycles. The van der Waals surface area contributed by atoms with Crippen LogP contribution in [-0.4, -0.2) is 11.0 Å². The molecule has 14 heavy (non-hydrogen) atoms.